The molecule has 2 N–H and O–H groups in total. The SMILES string of the molecule is COc1cccc(N(C)CCC(N)=S)n1. The number of hydrogen-bond acceptors (Lipinski definition) is 4. The molecule has 15 heavy (non-hydrogen) atoms. The van der Waals surface area contributed by atoms with E-state index in [1.165, 1.54) is 0 Å². The van der Waals surface area contributed by atoms with E-state index in [-0.39, 0.29) is 0 Å². The molecular formula is C10H15N3OS. The highest BCUT2D eigenvalue weighted by Gasteiger charge is 2.03. The molecule has 0 spiro atoms. The molecule has 82 valence electrons. The number of rotatable bonds is 5. The summed E-state index contributed by atoms with van der Waals surface area (Å²) in [5.74, 6) is 1.46. The van der Waals surface area contributed by atoms with Crippen LogP contribution in [0.4, 0.5) is 5.82 Å². The van der Waals surface area contributed by atoms with Gasteiger partial charge in [0.25, 0.3) is 0 Å². The number of pyridine rings is 1. The molecular weight excluding hydrogens is 210 g/mol. The Hall–Kier alpha value is -1.36. The van der Waals surface area contributed by atoms with Crippen LogP contribution in [-0.4, -0.2) is 30.7 Å². The maximum absolute atomic E-state index is 5.43. The molecule has 1 rings (SSSR count). The van der Waals surface area contributed by atoms with Gasteiger partial charge >= 0.3 is 0 Å². The highest BCUT2D eigenvalue weighted by molar-refractivity contribution is 7.80. The van der Waals surface area contributed by atoms with Crippen molar-refractivity contribution >= 4 is 23.0 Å². The monoisotopic (exact) mass is 225 g/mol. The molecule has 5 heteroatoms. The van der Waals surface area contributed by atoms with E-state index in [0.717, 1.165) is 12.4 Å². The molecule has 0 amide bonds. The molecule has 0 atom stereocenters. The van der Waals surface area contributed by atoms with E-state index in [1.54, 1.807) is 7.11 Å². The third kappa shape index (κ3) is 3.71. The molecule has 0 fully saturated rings. The highest BCUT2D eigenvalue weighted by Crippen LogP contribution is 2.14. The van der Waals surface area contributed by atoms with Crippen molar-refractivity contribution in [1.82, 2.24) is 4.98 Å². The Bertz CT molecular complexity index is 343. The lowest BCUT2D eigenvalue weighted by molar-refractivity contribution is 0.398. The Morgan fingerprint density at radius 1 is 1.60 bits per heavy atom. The molecule has 0 aliphatic carbocycles. The van der Waals surface area contributed by atoms with Gasteiger partial charge in [-0.3, -0.25) is 0 Å². The summed E-state index contributed by atoms with van der Waals surface area (Å²) in [5.41, 5.74) is 5.43. The Labute approximate surface area is 95.0 Å². The number of nitrogens with zero attached hydrogens (tertiary/aromatic N) is 2. The van der Waals surface area contributed by atoms with Gasteiger partial charge < -0.3 is 15.4 Å². The van der Waals surface area contributed by atoms with Gasteiger partial charge in [-0.1, -0.05) is 18.3 Å². The molecule has 0 aromatic carbocycles. The van der Waals surface area contributed by atoms with Crippen molar-refractivity contribution in [2.45, 2.75) is 6.42 Å². The molecule has 0 radical (unpaired) electrons. The Morgan fingerprint density at radius 3 is 2.93 bits per heavy atom. The number of anilines is 1. The molecule has 1 heterocycles. The van der Waals surface area contributed by atoms with E-state index in [2.05, 4.69) is 4.98 Å². The largest absolute Gasteiger partial charge is 0.481 e. The first-order chi connectivity index (χ1) is 7.13. The van der Waals surface area contributed by atoms with Crippen LogP contribution in [0.25, 0.3) is 0 Å². The summed E-state index contributed by atoms with van der Waals surface area (Å²) < 4.78 is 5.04. The minimum absolute atomic E-state index is 0.518. The number of thiocarbonyl (C=S) groups is 1. The van der Waals surface area contributed by atoms with Crippen LogP contribution in [0.1, 0.15) is 6.42 Å². The maximum atomic E-state index is 5.43. The number of methoxy groups -OCH3 is 1. The maximum Gasteiger partial charge on any atom is 0.214 e. The lowest BCUT2D eigenvalue weighted by Crippen LogP contribution is -2.24. The molecule has 0 aliphatic rings. The summed E-state index contributed by atoms with van der Waals surface area (Å²) in [5, 5.41) is 0. The number of hydrogen-bond donors (Lipinski definition) is 1. The number of nitrogens with two attached hydrogens (primary N) is 1. The van der Waals surface area contributed by atoms with Crippen LogP contribution in [-0.2, 0) is 0 Å². The van der Waals surface area contributed by atoms with E-state index in [4.69, 9.17) is 22.7 Å². The second-order valence-corrected chi connectivity index (χ2v) is 3.70. The first-order valence-electron chi connectivity index (χ1n) is 4.64. The first-order valence-corrected chi connectivity index (χ1v) is 5.05. The van der Waals surface area contributed by atoms with Gasteiger partial charge in [0.1, 0.15) is 5.82 Å². The third-order valence-electron chi connectivity index (χ3n) is 2.00. The summed E-state index contributed by atoms with van der Waals surface area (Å²) in [6.45, 7) is 0.759. The van der Waals surface area contributed by atoms with Gasteiger partial charge in [-0.2, -0.15) is 4.98 Å². The number of aromatic nitrogens is 1. The fourth-order valence-corrected chi connectivity index (χ4v) is 1.21. The van der Waals surface area contributed by atoms with Gasteiger partial charge in [-0.15, -0.1) is 0 Å². The first kappa shape index (κ1) is 11.7. The number of ether oxygens (including phenoxy) is 1. The zero-order valence-electron chi connectivity index (χ0n) is 8.93. The lowest BCUT2D eigenvalue weighted by Gasteiger charge is -2.17. The van der Waals surface area contributed by atoms with E-state index >= 15 is 0 Å². The van der Waals surface area contributed by atoms with Crippen LogP contribution in [0.5, 0.6) is 5.88 Å². The van der Waals surface area contributed by atoms with Crippen molar-refractivity contribution in [2.75, 3.05) is 25.6 Å². The quantitative estimate of drug-likeness (QED) is 0.763. The minimum atomic E-state index is 0.518. The van der Waals surface area contributed by atoms with Crippen molar-refractivity contribution in [3.8, 4) is 5.88 Å². The van der Waals surface area contributed by atoms with Crippen molar-refractivity contribution in [3.05, 3.63) is 18.2 Å². The molecule has 0 bridgehead atoms. The van der Waals surface area contributed by atoms with Crippen molar-refractivity contribution in [2.24, 2.45) is 5.73 Å². The Morgan fingerprint density at radius 2 is 2.33 bits per heavy atom. The zero-order valence-corrected chi connectivity index (χ0v) is 9.75. The molecule has 1 aromatic heterocycles. The highest BCUT2D eigenvalue weighted by atomic mass is 32.1. The van der Waals surface area contributed by atoms with Gasteiger partial charge in [-0.25, -0.2) is 0 Å². The molecule has 0 unspecified atom stereocenters. The van der Waals surface area contributed by atoms with Crippen molar-refractivity contribution < 1.29 is 4.74 Å². The average Bonchev–Trinajstić information content (AvgIpc) is 2.26. The topological polar surface area (TPSA) is 51.4 Å². The van der Waals surface area contributed by atoms with Crippen LogP contribution in [0.2, 0.25) is 0 Å². The third-order valence-corrected chi connectivity index (χ3v) is 2.21. The van der Waals surface area contributed by atoms with E-state index in [9.17, 15) is 0 Å². The molecule has 0 saturated carbocycles. The van der Waals surface area contributed by atoms with Crippen LogP contribution in [0.15, 0.2) is 18.2 Å². The van der Waals surface area contributed by atoms with Crippen LogP contribution >= 0.6 is 12.2 Å². The van der Waals surface area contributed by atoms with E-state index < -0.39 is 0 Å². The summed E-state index contributed by atoms with van der Waals surface area (Å²) >= 11 is 4.82. The van der Waals surface area contributed by atoms with Crippen LogP contribution in [0, 0.1) is 0 Å². The fourth-order valence-electron chi connectivity index (χ4n) is 1.12. The fraction of sp³-hybridized carbons (Fsp3) is 0.400. The Balaban J connectivity index is 2.64. The van der Waals surface area contributed by atoms with E-state index in [1.807, 2.05) is 30.1 Å². The second-order valence-electron chi connectivity index (χ2n) is 3.18. The Kier molecular flexibility index (Phi) is 4.30. The van der Waals surface area contributed by atoms with Crippen LogP contribution < -0.4 is 15.4 Å². The zero-order chi connectivity index (χ0) is 11.3. The van der Waals surface area contributed by atoms with Gasteiger partial charge in [0.05, 0.1) is 12.1 Å². The molecule has 1 aromatic rings. The van der Waals surface area contributed by atoms with Crippen molar-refractivity contribution in [1.29, 1.82) is 0 Å². The van der Waals surface area contributed by atoms with Crippen molar-refractivity contribution in [3.63, 3.8) is 0 Å². The standard InChI is InChI=1S/C10H15N3OS/c1-13(7-6-8(11)15)9-4-3-5-10(12-9)14-2/h3-5H,6-7H2,1-2H3,(H2,11,15). The van der Waals surface area contributed by atoms with E-state index in [0.29, 0.717) is 17.3 Å². The summed E-state index contributed by atoms with van der Waals surface area (Å²) in [6, 6.07) is 5.63. The predicted octanol–water partition coefficient (Wildman–Crippen LogP) is 1.20. The predicted molar refractivity (Wildman–Crippen MR) is 65.5 cm³/mol. The summed E-state index contributed by atoms with van der Waals surface area (Å²) in [4.78, 5) is 6.79. The van der Waals surface area contributed by atoms with Gasteiger partial charge in [0.2, 0.25) is 5.88 Å². The molecule has 0 aliphatic heterocycles. The smallest absolute Gasteiger partial charge is 0.214 e. The summed E-state index contributed by atoms with van der Waals surface area (Å²) in [7, 11) is 3.54. The second kappa shape index (κ2) is 5.50. The molecule has 0 saturated heterocycles. The average molecular weight is 225 g/mol. The summed E-state index contributed by atoms with van der Waals surface area (Å²) in [6.07, 6.45) is 0.685. The minimum Gasteiger partial charge on any atom is -0.481 e. The van der Waals surface area contributed by atoms with Gasteiger partial charge in [0.15, 0.2) is 0 Å². The van der Waals surface area contributed by atoms with Gasteiger partial charge in [0, 0.05) is 26.1 Å². The van der Waals surface area contributed by atoms with Gasteiger partial charge in [-0.05, 0) is 6.07 Å². The van der Waals surface area contributed by atoms with Crippen LogP contribution in [0.3, 0.4) is 0 Å². The molecule has 4 nitrogen and oxygen atoms in total. The normalized spacial score (nSPS) is 9.73. The lowest BCUT2D eigenvalue weighted by atomic mass is 10.3.